The fourth-order valence-corrected chi connectivity index (χ4v) is 3.57. The van der Waals surface area contributed by atoms with Crippen LogP contribution < -0.4 is 10.6 Å². The van der Waals surface area contributed by atoms with Gasteiger partial charge in [-0.2, -0.15) is 5.26 Å². The van der Waals surface area contributed by atoms with Crippen LogP contribution in [0, 0.1) is 17.2 Å². The molecule has 31 heavy (non-hydrogen) atoms. The van der Waals surface area contributed by atoms with Crippen molar-refractivity contribution in [1.29, 1.82) is 5.26 Å². The predicted octanol–water partition coefficient (Wildman–Crippen LogP) is 4.05. The molecule has 0 aliphatic carbocycles. The third kappa shape index (κ3) is 5.62. The number of hydrogen-bond acceptors (Lipinski definition) is 4. The number of nitrogens with zero attached hydrogens (tertiary/aromatic N) is 2. The van der Waals surface area contributed by atoms with Gasteiger partial charge in [0.25, 0.3) is 5.91 Å². The van der Waals surface area contributed by atoms with Crippen LogP contribution in [0.5, 0.6) is 0 Å². The van der Waals surface area contributed by atoms with Gasteiger partial charge < -0.3 is 15.5 Å². The fraction of sp³-hybridized carbons (Fsp3) is 0.304. The number of hydrogen-bond donors (Lipinski definition) is 2. The van der Waals surface area contributed by atoms with Gasteiger partial charge in [0.2, 0.25) is 11.8 Å². The molecule has 8 heteroatoms. The van der Waals surface area contributed by atoms with Crippen molar-refractivity contribution < 1.29 is 14.4 Å². The van der Waals surface area contributed by atoms with Crippen LogP contribution in [-0.2, 0) is 9.59 Å². The van der Waals surface area contributed by atoms with E-state index in [2.05, 4.69) is 17.6 Å². The van der Waals surface area contributed by atoms with E-state index < -0.39 is 0 Å². The van der Waals surface area contributed by atoms with E-state index in [1.165, 1.54) is 12.1 Å². The number of rotatable bonds is 7. The lowest BCUT2D eigenvalue weighted by Gasteiger charge is -2.16. The number of benzene rings is 2. The van der Waals surface area contributed by atoms with Crippen LogP contribution in [0.1, 0.15) is 42.1 Å². The van der Waals surface area contributed by atoms with Gasteiger partial charge in [-0.1, -0.05) is 24.9 Å². The van der Waals surface area contributed by atoms with E-state index in [0.717, 1.165) is 12.8 Å². The fourth-order valence-electron chi connectivity index (χ4n) is 3.35. The lowest BCUT2D eigenvalue weighted by atomic mass is 10.1. The normalized spacial score (nSPS) is 15.5. The van der Waals surface area contributed by atoms with Crippen LogP contribution in [-0.4, -0.2) is 35.7 Å². The molecule has 3 amide bonds. The van der Waals surface area contributed by atoms with Crippen molar-refractivity contribution >= 4 is 40.7 Å². The first-order chi connectivity index (χ1) is 14.9. The van der Waals surface area contributed by atoms with Crippen molar-refractivity contribution in [2.45, 2.75) is 26.2 Å². The van der Waals surface area contributed by atoms with Gasteiger partial charge in [0.05, 0.1) is 16.5 Å². The number of amides is 3. The molecule has 0 spiro atoms. The van der Waals surface area contributed by atoms with Crippen molar-refractivity contribution in [2.24, 2.45) is 5.92 Å². The number of unbranched alkanes of at least 4 members (excludes halogenated alkanes) is 1. The maximum Gasteiger partial charge on any atom is 0.255 e. The zero-order chi connectivity index (χ0) is 22.4. The van der Waals surface area contributed by atoms with Crippen molar-refractivity contribution in [3.63, 3.8) is 0 Å². The largest absolute Gasteiger partial charge is 0.342 e. The number of likely N-dealkylation sites (tertiary alicyclic amines) is 1. The molecule has 2 aromatic carbocycles. The molecular formula is C23H23ClN4O3. The first-order valence-electron chi connectivity index (χ1n) is 10.1. The van der Waals surface area contributed by atoms with Crippen molar-refractivity contribution in [3.8, 4) is 6.07 Å². The Morgan fingerprint density at radius 1 is 1.16 bits per heavy atom. The summed E-state index contributed by atoms with van der Waals surface area (Å²) in [6.07, 6.45) is 2.15. The maximum atomic E-state index is 12.5. The third-order valence-electron chi connectivity index (χ3n) is 5.13. The molecular weight excluding hydrogens is 416 g/mol. The van der Waals surface area contributed by atoms with E-state index in [-0.39, 0.29) is 35.1 Å². The van der Waals surface area contributed by atoms with Crippen molar-refractivity contribution in [1.82, 2.24) is 4.90 Å². The molecule has 2 aromatic rings. The average Bonchev–Trinajstić information content (AvgIpc) is 3.13. The molecule has 1 heterocycles. The Morgan fingerprint density at radius 2 is 1.87 bits per heavy atom. The van der Waals surface area contributed by atoms with E-state index in [1.54, 1.807) is 35.2 Å². The van der Waals surface area contributed by atoms with Crippen LogP contribution >= 0.6 is 11.6 Å². The number of carbonyl (C=O) groups is 3. The molecule has 0 saturated carbocycles. The van der Waals surface area contributed by atoms with Crippen LogP contribution in [0.2, 0.25) is 5.02 Å². The lowest BCUT2D eigenvalue weighted by molar-refractivity contribution is -0.128. The van der Waals surface area contributed by atoms with Gasteiger partial charge in [0.15, 0.2) is 0 Å². The number of nitrogens with one attached hydrogen (secondary N) is 2. The zero-order valence-electron chi connectivity index (χ0n) is 17.2. The highest BCUT2D eigenvalue weighted by Gasteiger charge is 2.33. The van der Waals surface area contributed by atoms with E-state index in [4.69, 9.17) is 16.9 Å². The molecule has 0 aromatic heterocycles. The Balaban J connectivity index is 1.57. The Labute approximate surface area is 186 Å². The van der Waals surface area contributed by atoms with Gasteiger partial charge in [-0.25, -0.2) is 0 Å². The Kier molecular flexibility index (Phi) is 7.27. The summed E-state index contributed by atoms with van der Waals surface area (Å²) in [6.45, 7) is 3.19. The molecule has 1 aliphatic heterocycles. The zero-order valence-corrected chi connectivity index (χ0v) is 17.9. The predicted molar refractivity (Wildman–Crippen MR) is 119 cm³/mol. The van der Waals surface area contributed by atoms with Crippen LogP contribution in [0.25, 0.3) is 0 Å². The molecule has 1 saturated heterocycles. The number of anilines is 2. The van der Waals surface area contributed by atoms with E-state index in [0.29, 0.717) is 35.6 Å². The SMILES string of the molecule is CCCCN1C[C@@H](C(=O)Nc2ccc(C(=O)Nc3ccc(C#N)c(Cl)c3)cc2)CC1=O. The Bertz CT molecular complexity index is 1030. The summed E-state index contributed by atoms with van der Waals surface area (Å²) in [5.41, 5.74) is 1.77. The molecule has 1 aliphatic rings. The number of nitriles is 1. The summed E-state index contributed by atoms with van der Waals surface area (Å²) >= 11 is 5.99. The van der Waals surface area contributed by atoms with E-state index in [1.807, 2.05) is 6.07 Å². The monoisotopic (exact) mass is 438 g/mol. The van der Waals surface area contributed by atoms with Gasteiger partial charge >= 0.3 is 0 Å². The quantitative estimate of drug-likeness (QED) is 0.680. The molecule has 0 radical (unpaired) electrons. The van der Waals surface area contributed by atoms with Crippen molar-refractivity contribution in [2.75, 3.05) is 23.7 Å². The van der Waals surface area contributed by atoms with Gasteiger partial charge in [0.1, 0.15) is 6.07 Å². The number of halogens is 1. The molecule has 2 N–H and O–H groups in total. The highest BCUT2D eigenvalue weighted by Crippen LogP contribution is 2.22. The minimum Gasteiger partial charge on any atom is -0.342 e. The third-order valence-corrected chi connectivity index (χ3v) is 5.44. The summed E-state index contributed by atoms with van der Waals surface area (Å²) in [6, 6.07) is 13.1. The Hall–Kier alpha value is -3.37. The van der Waals surface area contributed by atoms with Crippen LogP contribution in [0.15, 0.2) is 42.5 Å². The highest BCUT2D eigenvalue weighted by atomic mass is 35.5. The second-order valence-corrected chi connectivity index (χ2v) is 7.83. The molecule has 160 valence electrons. The minimum absolute atomic E-state index is 0.0172. The highest BCUT2D eigenvalue weighted by molar-refractivity contribution is 6.32. The Morgan fingerprint density at radius 3 is 2.52 bits per heavy atom. The lowest BCUT2D eigenvalue weighted by Crippen LogP contribution is -2.29. The van der Waals surface area contributed by atoms with Gasteiger partial charge in [0, 0.05) is 36.4 Å². The summed E-state index contributed by atoms with van der Waals surface area (Å²) in [4.78, 5) is 38.7. The first kappa shape index (κ1) is 22.3. The molecule has 0 bridgehead atoms. The summed E-state index contributed by atoms with van der Waals surface area (Å²) in [7, 11) is 0. The van der Waals surface area contributed by atoms with E-state index in [9.17, 15) is 14.4 Å². The smallest absolute Gasteiger partial charge is 0.255 e. The molecule has 1 atom stereocenters. The van der Waals surface area contributed by atoms with Gasteiger partial charge in [-0.3, -0.25) is 14.4 Å². The second-order valence-electron chi connectivity index (χ2n) is 7.42. The van der Waals surface area contributed by atoms with E-state index >= 15 is 0 Å². The van der Waals surface area contributed by atoms with Gasteiger partial charge in [-0.05, 0) is 48.9 Å². The first-order valence-corrected chi connectivity index (χ1v) is 10.5. The second kappa shape index (κ2) is 10.1. The van der Waals surface area contributed by atoms with Crippen molar-refractivity contribution in [3.05, 3.63) is 58.6 Å². The topological polar surface area (TPSA) is 102 Å². The molecule has 1 fully saturated rings. The minimum atomic E-state index is -0.367. The van der Waals surface area contributed by atoms with Crippen LogP contribution in [0.4, 0.5) is 11.4 Å². The maximum absolute atomic E-state index is 12.5. The molecule has 7 nitrogen and oxygen atoms in total. The van der Waals surface area contributed by atoms with Gasteiger partial charge in [-0.15, -0.1) is 0 Å². The summed E-state index contributed by atoms with van der Waals surface area (Å²) in [5.74, 6) is -0.889. The van der Waals surface area contributed by atoms with Crippen LogP contribution in [0.3, 0.4) is 0 Å². The summed E-state index contributed by atoms with van der Waals surface area (Å²) < 4.78 is 0. The summed E-state index contributed by atoms with van der Waals surface area (Å²) in [5, 5.41) is 14.7. The average molecular weight is 439 g/mol. The molecule has 3 rings (SSSR count). The number of carbonyl (C=O) groups excluding carboxylic acids is 3. The molecule has 0 unspecified atom stereocenters. The standard InChI is InChI=1S/C23H23ClN4O3/c1-2-3-10-28-14-17(11-21(28)29)23(31)26-18-7-4-15(5-8-18)22(30)27-19-9-6-16(13-25)20(24)12-19/h4-9,12,17H,2-3,10-11,14H2,1H3,(H,26,31)(H,27,30)/t17-/m0/s1.